The molecule has 0 aliphatic carbocycles. The van der Waals surface area contributed by atoms with Gasteiger partial charge in [-0.1, -0.05) is 11.6 Å². The fourth-order valence-corrected chi connectivity index (χ4v) is 2.55. The Morgan fingerprint density at radius 1 is 1.75 bits per heavy atom. The molecule has 0 saturated heterocycles. The van der Waals surface area contributed by atoms with Crippen LogP contribution in [-0.4, -0.2) is 6.54 Å². The van der Waals surface area contributed by atoms with E-state index in [1.165, 1.54) is 11.3 Å². The molecular formula is C7H8BrClFNS. The van der Waals surface area contributed by atoms with E-state index in [1.807, 2.05) is 0 Å². The average molecular weight is 273 g/mol. The largest absolute Gasteiger partial charge is 0.330 e. The van der Waals surface area contributed by atoms with Gasteiger partial charge in [-0.15, -0.1) is 11.3 Å². The number of thiophene rings is 1. The Hall–Kier alpha value is 0.360. The minimum Gasteiger partial charge on any atom is -0.330 e. The van der Waals surface area contributed by atoms with Crippen LogP contribution in [0.15, 0.2) is 10.5 Å². The number of hydrogen-bond acceptors (Lipinski definition) is 2. The molecule has 0 radical (unpaired) electrons. The van der Waals surface area contributed by atoms with E-state index >= 15 is 0 Å². The summed E-state index contributed by atoms with van der Waals surface area (Å²) in [6, 6.07) is 1.70. The van der Waals surface area contributed by atoms with Crippen LogP contribution in [0, 0.1) is 0 Å². The van der Waals surface area contributed by atoms with E-state index in [9.17, 15) is 4.39 Å². The lowest BCUT2D eigenvalue weighted by Crippen LogP contribution is -2.02. The minimum absolute atomic E-state index is 0.350. The van der Waals surface area contributed by atoms with Crippen LogP contribution in [0.4, 0.5) is 4.39 Å². The smallest absolute Gasteiger partial charge is 0.136 e. The van der Waals surface area contributed by atoms with E-state index in [2.05, 4.69) is 15.9 Å². The molecule has 0 saturated carbocycles. The molecule has 0 fully saturated rings. The molecule has 0 aliphatic rings. The van der Waals surface area contributed by atoms with E-state index in [1.54, 1.807) is 6.07 Å². The summed E-state index contributed by atoms with van der Waals surface area (Å²) in [7, 11) is 0. The molecule has 12 heavy (non-hydrogen) atoms. The van der Waals surface area contributed by atoms with Gasteiger partial charge in [0.2, 0.25) is 0 Å². The van der Waals surface area contributed by atoms with E-state index < -0.39 is 6.17 Å². The molecule has 1 nitrogen and oxygen atoms in total. The van der Waals surface area contributed by atoms with Crippen molar-refractivity contribution in [1.82, 2.24) is 0 Å². The molecule has 1 aromatic rings. The predicted octanol–water partition coefficient (Wildman–Crippen LogP) is 3.52. The van der Waals surface area contributed by atoms with Gasteiger partial charge in [0.15, 0.2) is 0 Å². The summed E-state index contributed by atoms with van der Waals surface area (Å²) < 4.78 is 14.5. The highest BCUT2D eigenvalue weighted by Crippen LogP contribution is 2.37. The summed E-state index contributed by atoms with van der Waals surface area (Å²) in [4.78, 5) is 0.636. The van der Waals surface area contributed by atoms with Gasteiger partial charge >= 0.3 is 0 Å². The molecule has 0 spiro atoms. The van der Waals surface area contributed by atoms with E-state index in [-0.39, 0.29) is 0 Å². The molecule has 0 amide bonds. The lowest BCUT2D eigenvalue weighted by Gasteiger charge is -2.01. The molecule has 5 heteroatoms. The average Bonchev–Trinajstić information content (AvgIpc) is 2.33. The Labute approximate surface area is 87.8 Å². The van der Waals surface area contributed by atoms with Crippen LogP contribution in [0.1, 0.15) is 17.5 Å². The fourth-order valence-electron chi connectivity index (χ4n) is 0.806. The van der Waals surface area contributed by atoms with Crippen molar-refractivity contribution in [1.29, 1.82) is 0 Å². The van der Waals surface area contributed by atoms with Crippen LogP contribution in [0.3, 0.4) is 0 Å². The minimum atomic E-state index is -0.983. The van der Waals surface area contributed by atoms with Crippen molar-refractivity contribution in [3.63, 3.8) is 0 Å². The highest BCUT2D eigenvalue weighted by Gasteiger charge is 2.13. The van der Waals surface area contributed by atoms with Crippen molar-refractivity contribution >= 4 is 38.9 Å². The Morgan fingerprint density at radius 2 is 2.42 bits per heavy atom. The normalized spacial score (nSPS) is 13.3. The first-order valence-electron chi connectivity index (χ1n) is 3.44. The van der Waals surface area contributed by atoms with E-state index in [0.717, 1.165) is 4.47 Å². The summed E-state index contributed by atoms with van der Waals surface area (Å²) in [5.41, 5.74) is 5.23. The van der Waals surface area contributed by atoms with Crippen molar-refractivity contribution in [3.8, 4) is 0 Å². The monoisotopic (exact) mass is 271 g/mol. The molecule has 1 rings (SSSR count). The number of halogens is 3. The Balaban J connectivity index is 2.74. The van der Waals surface area contributed by atoms with Gasteiger partial charge in [-0.25, -0.2) is 4.39 Å². The number of alkyl halides is 1. The summed E-state index contributed by atoms with van der Waals surface area (Å²) >= 11 is 10.2. The highest BCUT2D eigenvalue weighted by atomic mass is 79.9. The first kappa shape index (κ1) is 10.4. The van der Waals surface area contributed by atoms with Crippen molar-refractivity contribution < 1.29 is 4.39 Å². The number of nitrogens with two attached hydrogens (primary N) is 1. The molecule has 68 valence electrons. The van der Waals surface area contributed by atoms with Gasteiger partial charge in [-0.2, -0.15) is 0 Å². The van der Waals surface area contributed by atoms with Crippen molar-refractivity contribution in [2.24, 2.45) is 5.73 Å². The zero-order chi connectivity index (χ0) is 9.14. The summed E-state index contributed by atoms with van der Waals surface area (Å²) in [6.45, 7) is 0.355. The van der Waals surface area contributed by atoms with Gasteiger partial charge in [-0.3, -0.25) is 0 Å². The van der Waals surface area contributed by atoms with Crippen LogP contribution in [0.25, 0.3) is 0 Å². The Bertz CT molecular complexity index is 246. The second-order valence-corrected chi connectivity index (χ2v) is 4.86. The third-order valence-corrected chi connectivity index (χ3v) is 3.95. The quantitative estimate of drug-likeness (QED) is 0.895. The van der Waals surface area contributed by atoms with E-state index in [0.29, 0.717) is 22.2 Å². The van der Waals surface area contributed by atoms with Crippen LogP contribution < -0.4 is 5.73 Å². The molecule has 2 N–H and O–H groups in total. The summed E-state index contributed by atoms with van der Waals surface area (Å²) in [6.07, 6.45) is -0.632. The second kappa shape index (κ2) is 4.56. The lowest BCUT2D eigenvalue weighted by atomic mass is 10.2. The first-order valence-corrected chi connectivity index (χ1v) is 5.42. The maximum atomic E-state index is 13.2. The van der Waals surface area contributed by atoms with Gasteiger partial charge in [0.05, 0.1) is 0 Å². The van der Waals surface area contributed by atoms with Gasteiger partial charge in [0.1, 0.15) is 10.5 Å². The zero-order valence-electron chi connectivity index (χ0n) is 6.19. The van der Waals surface area contributed by atoms with Crippen LogP contribution >= 0.6 is 38.9 Å². The van der Waals surface area contributed by atoms with Crippen LogP contribution in [-0.2, 0) is 0 Å². The standard InChI is InChI=1S/C7H8BrClFNS/c8-4-3-6(12-7(4)9)5(10)1-2-11/h3,5H,1-2,11H2. The highest BCUT2D eigenvalue weighted by molar-refractivity contribution is 9.10. The van der Waals surface area contributed by atoms with E-state index in [4.69, 9.17) is 17.3 Å². The Kier molecular flexibility index (Phi) is 3.96. The summed E-state index contributed by atoms with van der Waals surface area (Å²) in [5, 5.41) is 0. The molecule has 1 heterocycles. The van der Waals surface area contributed by atoms with Gasteiger partial charge in [0.25, 0.3) is 0 Å². The van der Waals surface area contributed by atoms with Crippen LogP contribution in [0.5, 0.6) is 0 Å². The third kappa shape index (κ3) is 2.42. The number of hydrogen-bond donors (Lipinski definition) is 1. The topological polar surface area (TPSA) is 26.0 Å². The SMILES string of the molecule is NCCC(F)c1cc(Br)c(Cl)s1. The molecule has 0 aliphatic heterocycles. The second-order valence-electron chi connectivity index (χ2n) is 2.32. The lowest BCUT2D eigenvalue weighted by molar-refractivity contribution is 0.333. The maximum absolute atomic E-state index is 13.2. The van der Waals surface area contributed by atoms with Gasteiger partial charge in [-0.05, 0) is 35.0 Å². The molecule has 1 unspecified atom stereocenters. The maximum Gasteiger partial charge on any atom is 0.136 e. The zero-order valence-corrected chi connectivity index (χ0v) is 9.35. The van der Waals surface area contributed by atoms with Crippen molar-refractivity contribution in [2.45, 2.75) is 12.6 Å². The first-order chi connectivity index (χ1) is 5.65. The molecular weight excluding hydrogens is 265 g/mol. The number of rotatable bonds is 3. The van der Waals surface area contributed by atoms with Crippen molar-refractivity contribution in [2.75, 3.05) is 6.54 Å². The van der Waals surface area contributed by atoms with Gasteiger partial charge < -0.3 is 5.73 Å². The molecule has 0 bridgehead atoms. The molecule has 1 atom stereocenters. The summed E-state index contributed by atoms with van der Waals surface area (Å²) in [5.74, 6) is 0. The predicted molar refractivity (Wildman–Crippen MR) is 54.5 cm³/mol. The molecule has 1 aromatic heterocycles. The fraction of sp³-hybridized carbons (Fsp3) is 0.429. The molecule has 0 aromatic carbocycles. The van der Waals surface area contributed by atoms with Crippen LogP contribution in [0.2, 0.25) is 4.34 Å². The van der Waals surface area contributed by atoms with Crippen molar-refractivity contribution in [3.05, 3.63) is 19.8 Å². The van der Waals surface area contributed by atoms with Gasteiger partial charge in [0, 0.05) is 9.35 Å². The third-order valence-electron chi connectivity index (χ3n) is 1.39. The Morgan fingerprint density at radius 3 is 2.83 bits per heavy atom.